The minimum absolute atomic E-state index is 0.0427. The average molecular weight is 449 g/mol. The lowest BCUT2D eigenvalue weighted by Gasteiger charge is -2.12. The smallest absolute Gasteiger partial charge is 0.216 e. The molecule has 1 N–H and O–H groups in total. The van der Waals surface area contributed by atoms with Crippen molar-refractivity contribution in [2.75, 3.05) is 6.54 Å². The summed E-state index contributed by atoms with van der Waals surface area (Å²) in [6.45, 7) is 8.41. The molecular formula is C25H28N4O2S. The molecule has 0 aliphatic rings. The van der Waals surface area contributed by atoms with Crippen LogP contribution in [0.4, 0.5) is 0 Å². The number of aromatic nitrogens is 3. The first-order chi connectivity index (χ1) is 15.5. The van der Waals surface area contributed by atoms with Gasteiger partial charge in [-0.3, -0.25) is 9.59 Å². The molecule has 32 heavy (non-hydrogen) atoms. The number of nitrogens with one attached hydrogen (secondary N) is 1. The van der Waals surface area contributed by atoms with E-state index < -0.39 is 0 Å². The van der Waals surface area contributed by atoms with Crippen molar-refractivity contribution >= 4 is 23.5 Å². The van der Waals surface area contributed by atoms with Crippen LogP contribution in [0.5, 0.6) is 0 Å². The molecule has 6 nitrogen and oxygen atoms in total. The van der Waals surface area contributed by atoms with Crippen molar-refractivity contribution in [1.82, 2.24) is 20.1 Å². The fourth-order valence-corrected chi connectivity index (χ4v) is 4.25. The van der Waals surface area contributed by atoms with Crippen molar-refractivity contribution in [3.05, 3.63) is 89.8 Å². The molecule has 0 saturated heterocycles. The summed E-state index contributed by atoms with van der Waals surface area (Å²) in [7, 11) is 0. The first-order valence-electron chi connectivity index (χ1n) is 10.6. The van der Waals surface area contributed by atoms with Gasteiger partial charge in [-0.1, -0.05) is 72.4 Å². The Morgan fingerprint density at radius 2 is 1.81 bits per heavy atom. The SMILES string of the molecule is C=CCn1c(Cc2ccccc2)nnc1SC(C)C(=O)c1ccc(CCNC(C)=O)cc1. The molecule has 2 aromatic carbocycles. The van der Waals surface area contributed by atoms with Crippen LogP contribution in [0.15, 0.2) is 72.4 Å². The third kappa shape index (κ3) is 6.40. The van der Waals surface area contributed by atoms with Crippen LogP contribution >= 0.6 is 11.8 Å². The van der Waals surface area contributed by atoms with Gasteiger partial charge in [0, 0.05) is 32.0 Å². The third-order valence-electron chi connectivity index (χ3n) is 4.99. The van der Waals surface area contributed by atoms with Gasteiger partial charge in [0.05, 0.1) is 5.25 Å². The number of carbonyl (C=O) groups excluding carboxylic acids is 2. The highest BCUT2D eigenvalue weighted by Crippen LogP contribution is 2.26. The Labute approximate surface area is 193 Å². The lowest BCUT2D eigenvalue weighted by atomic mass is 10.0. The molecule has 1 unspecified atom stereocenters. The number of amides is 1. The average Bonchev–Trinajstić information content (AvgIpc) is 3.15. The van der Waals surface area contributed by atoms with E-state index in [2.05, 4.69) is 34.2 Å². The molecule has 3 rings (SSSR count). The van der Waals surface area contributed by atoms with Crippen molar-refractivity contribution in [3.63, 3.8) is 0 Å². The minimum atomic E-state index is -0.308. The summed E-state index contributed by atoms with van der Waals surface area (Å²) in [5.74, 6) is 0.849. The number of carbonyl (C=O) groups is 2. The van der Waals surface area contributed by atoms with E-state index in [0.29, 0.717) is 30.2 Å². The topological polar surface area (TPSA) is 76.9 Å². The van der Waals surface area contributed by atoms with Crippen molar-refractivity contribution in [1.29, 1.82) is 0 Å². The number of rotatable bonds is 11. The van der Waals surface area contributed by atoms with Crippen LogP contribution in [0.2, 0.25) is 0 Å². The Morgan fingerprint density at radius 1 is 1.09 bits per heavy atom. The first-order valence-corrected chi connectivity index (χ1v) is 11.5. The zero-order chi connectivity index (χ0) is 22.9. The summed E-state index contributed by atoms with van der Waals surface area (Å²) in [5, 5.41) is 11.9. The highest BCUT2D eigenvalue weighted by molar-refractivity contribution is 8.00. The van der Waals surface area contributed by atoms with E-state index in [9.17, 15) is 9.59 Å². The molecule has 166 valence electrons. The summed E-state index contributed by atoms with van der Waals surface area (Å²) >= 11 is 1.41. The molecule has 1 aromatic heterocycles. The number of Topliss-reactive ketones (excluding diaryl/α,β-unsaturated/α-hetero) is 1. The van der Waals surface area contributed by atoms with Crippen LogP contribution < -0.4 is 5.32 Å². The van der Waals surface area contributed by atoms with Gasteiger partial charge in [0.1, 0.15) is 5.82 Å². The van der Waals surface area contributed by atoms with E-state index in [1.807, 2.05) is 60.0 Å². The molecule has 0 bridgehead atoms. The number of benzene rings is 2. The van der Waals surface area contributed by atoms with Gasteiger partial charge in [-0.2, -0.15) is 0 Å². The van der Waals surface area contributed by atoms with Gasteiger partial charge >= 0.3 is 0 Å². The number of allylic oxidation sites excluding steroid dienone is 1. The van der Waals surface area contributed by atoms with Gasteiger partial charge in [-0.25, -0.2) is 0 Å². The molecule has 0 spiro atoms. The Hall–Kier alpha value is -3.19. The second-order valence-electron chi connectivity index (χ2n) is 7.51. The molecule has 1 amide bonds. The van der Waals surface area contributed by atoms with Crippen LogP contribution in [0.1, 0.15) is 41.2 Å². The number of thioether (sulfide) groups is 1. The van der Waals surface area contributed by atoms with Gasteiger partial charge in [-0.05, 0) is 24.5 Å². The summed E-state index contributed by atoms with van der Waals surface area (Å²) in [4.78, 5) is 24.0. The van der Waals surface area contributed by atoms with Crippen LogP contribution in [0.3, 0.4) is 0 Å². The molecule has 0 aliphatic heterocycles. The second kappa shape index (κ2) is 11.4. The van der Waals surface area contributed by atoms with E-state index in [1.54, 1.807) is 0 Å². The molecule has 0 saturated carbocycles. The molecule has 0 fully saturated rings. The summed E-state index contributed by atoms with van der Waals surface area (Å²) < 4.78 is 2.01. The maximum absolute atomic E-state index is 13.0. The van der Waals surface area contributed by atoms with Gasteiger partial charge in [0.2, 0.25) is 5.91 Å². The van der Waals surface area contributed by atoms with Crippen LogP contribution in [0.25, 0.3) is 0 Å². The Morgan fingerprint density at radius 3 is 2.47 bits per heavy atom. The largest absolute Gasteiger partial charge is 0.356 e. The standard InChI is InChI=1S/C25H28N4O2S/c1-4-16-29-23(17-21-8-6-5-7-9-21)27-28-25(29)32-18(2)24(31)22-12-10-20(11-13-22)14-15-26-19(3)30/h4-13,18H,1,14-17H2,2-3H3,(H,26,30). The van der Waals surface area contributed by atoms with Crippen LogP contribution in [-0.4, -0.2) is 38.2 Å². The first kappa shape index (κ1) is 23.5. The Kier molecular flexibility index (Phi) is 8.39. The van der Waals surface area contributed by atoms with E-state index in [-0.39, 0.29) is 16.9 Å². The predicted molar refractivity (Wildman–Crippen MR) is 128 cm³/mol. The monoisotopic (exact) mass is 448 g/mol. The molecule has 1 heterocycles. The molecule has 0 radical (unpaired) electrons. The van der Waals surface area contributed by atoms with Gasteiger partial charge < -0.3 is 9.88 Å². The zero-order valence-corrected chi connectivity index (χ0v) is 19.3. The number of ketones is 1. The fraction of sp³-hybridized carbons (Fsp3) is 0.280. The van der Waals surface area contributed by atoms with Crippen molar-refractivity contribution in [2.45, 2.75) is 43.6 Å². The zero-order valence-electron chi connectivity index (χ0n) is 18.5. The van der Waals surface area contributed by atoms with Crippen molar-refractivity contribution in [3.8, 4) is 0 Å². The van der Waals surface area contributed by atoms with Gasteiger partial charge in [0.15, 0.2) is 10.9 Å². The minimum Gasteiger partial charge on any atom is -0.356 e. The van der Waals surface area contributed by atoms with Gasteiger partial charge in [-0.15, -0.1) is 16.8 Å². The van der Waals surface area contributed by atoms with Gasteiger partial charge in [0.25, 0.3) is 0 Å². The maximum atomic E-state index is 13.0. The Balaban J connectivity index is 1.66. The summed E-state index contributed by atoms with van der Waals surface area (Å²) in [6.07, 6.45) is 3.21. The van der Waals surface area contributed by atoms with Crippen molar-refractivity contribution in [2.24, 2.45) is 0 Å². The summed E-state index contributed by atoms with van der Waals surface area (Å²) in [5.41, 5.74) is 2.89. The van der Waals surface area contributed by atoms with E-state index in [0.717, 1.165) is 23.4 Å². The third-order valence-corrected chi connectivity index (χ3v) is 6.07. The van der Waals surface area contributed by atoms with Crippen LogP contribution in [0, 0.1) is 0 Å². The van der Waals surface area contributed by atoms with E-state index in [1.165, 1.54) is 18.7 Å². The highest BCUT2D eigenvalue weighted by Gasteiger charge is 2.21. The predicted octanol–water partition coefficient (Wildman–Crippen LogP) is 4.10. The highest BCUT2D eigenvalue weighted by atomic mass is 32.2. The molecule has 7 heteroatoms. The fourth-order valence-electron chi connectivity index (χ4n) is 3.29. The lowest BCUT2D eigenvalue weighted by molar-refractivity contribution is -0.118. The van der Waals surface area contributed by atoms with E-state index >= 15 is 0 Å². The normalized spacial score (nSPS) is 11.7. The lowest BCUT2D eigenvalue weighted by Crippen LogP contribution is -2.22. The van der Waals surface area contributed by atoms with Crippen molar-refractivity contribution < 1.29 is 9.59 Å². The quantitative estimate of drug-likeness (QED) is 0.272. The molecular weight excluding hydrogens is 420 g/mol. The Bertz CT molecular complexity index is 1060. The van der Waals surface area contributed by atoms with E-state index in [4.69, 9.17) is 0 Å². The second-order valence-corrected chi connectivity index (χ2v) is 8.82. The number of nitrogens with zero attached hydrogens (tertiary/aromatic N) is 3. The molecule has 3 aromatic rings. The van der Waals surface area contributed by atoms with Crippen LogP contribution in [-0.2, 0) is 24.2 Å². The molecule has 0 aliphatic carbocycles. The number of hydrogen-bond donors (Lipinski definition) is 1. The maximum Gasteiger partial charge on any atom is 0.216 e. The summed E-state index contributed by atoms with van der Waals surface area (Å²) in [6, 6.07) is 17.7. The number of hydrogen-bond acceptors (Lipinski definition) is 5. The molecule has 1 atom stereocenters.